The second kappa shape index (κ2) is 10.7. The summed E-state index contributed by atoms with van der Waals surface area (Å²) in [5.41, 5.74) is 4.85. The van der Waals surface area contributed by atoms with Crippen LogP contribution in [0.2, 0.25) is 0 Å². The fraction of sp³-hybridized carbons (Fsp3) is 0.542. The van der Waals surface area contributed by atoms with Crippen LogP contribution in [0.5, 0.6) is 0 Å². The molecular weight excluding hydrogens is 402 g/mol. The number of hydrogen-bond donors (Lipinski definition) is 1. The lowest BCUT2D eigenvalue weighted by Crippen LogP contribution is -2.35. The summed E-state index contributed by atoms with van der Waals surface area (Å²) < 4.78 is 3.93. The minimum absolute atomic E-state index is 0.0137. The molecule has 0 fully saturated rings. The van der Waals surface area contributed by atoms with E-state index in [4.69, 9.17) is 4.99 Å². The van der Waals surface area contributed by atoms with E-state index in [-0.39, 0.29) is 12.6 Å². The van der Waals surface area contributed by atoms with Crippen LogP contribution in [0.15, 0.2) is 47.8 Å². The van der Waals surface area contributed by atoms with Crippen LogP contribution in [0.1, 0.15) is 57.2 Å². The van der Waals surface area contributed by atoms with Crippen molar-refractivity contribution in [1.29, 1.82) is 0 Å². The minimum Gasteiger partial charge on any atom is -0.395 e. The number of likely N-dealkylation sites (N-methyl/N-ethyl adjacent to an activating group) is 2. The summed E-state index contributed by atoms with van der Waals surface area (Å²) >= 11 is 0. The monoisotopic (exact) mass is 439 g/mol. The number of allylic oxidation sites excluding steroid dienone is 2. The minimum atomic E-state index is 0.0137. The molecule has 0 unspecified atom stereocenters. The molecule has 174 valence electrons. The first-order chi connectivity index (χ1) is 15.4. The smallest absolute Gasteiger partial charge is 0.0974 e. The topological polar surface area (TPSA) is 74.7 Å². The van der Waals surface area contributed by atoms with Crippen LogP contribution in [-0.2, 0) is 6.54 Å². The van der Waals surface area contributed by atoms with Crippen LogP contribution >= 0.6 is 0 Å². The normalized spacial score (nSPS) is 16.8. The van der Waals surface area contributed by atoms with Crippen molar-refractivity contribution in [2.45, 2.75) is 58.7 Å². The zero-order valence-electron chi connectivity index (χ0n) is 20.2. The van der Waals surface area contributed by atoms with E-state index < -0.39 is 0 Å². The van der Waals surface area contributed by atoms with Gasteiger partial charge in [0.1, 0.15) is 0 Å². The van der Waals surface area contributed by atoms with Crippen molar-refractivity contribution in [3.63, 3.8) is 0 Å². The van der Waals surface area contributed by atoms with Crippen molar-refractivity contribution in [3.05, 3.63) is 53.9 Å². The summed E-state index contributed by atoms with van der Waals surface area (Å²) in [5.74, 6) is 0. The van der Waals surface area contributed by atoms with Gasteiger partial charge in [-0.2, -0.15) is 10.2 Å². The highest BCUT2D eigenvalue weighted by atomic mass is 16.3. The van der Waals surface area contributed by atoms with E-state index in [0.29, 0.717) is 12.6 Å². The first kappa shape index (κ1) is 23.9. The Morgan fingerprint density at radius 3 is 2.41 bits per heavy atom. The Morgan fingerprint density at radius 1 is 1.06 bits per heavy atom. The molecule has 0 saturated heterocycles. The molecule has 8 heteroatoms. The molecular formula is C24H37N7O. The number of rotatable bonds is 10. The molecule has 32 heavy (non-hydrogen) atoms. The van der Waals surface area contributed by atoms with E-state index in [0.717, 1.165) is 47.5 Å². The molecule has 3 heterocycles. The van der Waals surface area contributed by atoms with Crippen LogP contribution in [-0.4, -0.2) is 74.0 Å². The molecule has 0 aromatic carbocycles. The standard InChI is InChI=1S/C24H37N7O/c1-7-10-23-24(19-12-26-31(14-19)20(8-2)9-3)27-22(16-29(23)6)18-11-25-30(13-18)15-21(17-32)28(4)5/h10-14,16,20-21,32H,7-9,15,17H2,1-6H3/b23-10-/t21-/m0/s1. The Morgan fingerprint density at radius 2 is 1.78 bits per heavy atom. The van der Waals surface area contributed by atoms with E-state index in [1.165, 1.54) is 0 Å². The molecule has 0 amide bonds. The number of hydrogen-bond acceptors (Lipinski definition) is 6. The molecule has 2 aromatic heterocycles. The van der Waals surface area contributed by atoms with Gasteiger partial charge in [0, 0.05) is 36.8 Å². The Kier molecular flexibility index (Phi) is 8.04. The summed E-state index contributed by atoms with van der Waals surface area (Å²) in [7, 11) is 5.98. The maximum atomic E-state index is 9.63. The highest BCUT2D eigenvalue weighted by Gasteiger charge is 2.22. The van der Waals surface area contributed by atoms with E-state index in [2.05, 4.69) is 59.9 Å². The van der Waals surface area contributed by atoms with Gasteiger partial charge < -0.3 is 14.9 Å². The molecule has 1 atom stereocenters. The van der Waals surface area contributed by atoms with Gasteiger partial charge in [-0.25, -0.2) is 4.99 Å². The lowest BCUT2D eigenvalue weighted by atomic mass is 10.1. The van der Waals surface area contributed by atoms with Gasteiger partial charge in [-0.1, -0.05) is 26.8 Å². The summed E-state index contributed by atoms with van der Waals surface area (Å²) in [6, 6.07) is 0.411. The summed E-state index contributed by atoms with van der Waals surface area (Å²) in [4.78, 5) is 9.18. The third-order valence-electron chi connectivity index (χ3n) is 6.03. The lowest BCUT2D eigenvalue weighted by molar-refractivity contribution is 0.151. The third kappa shape index (κ3) is 5.19. The van der Waals surface area contributed by atoms with Gasteiger partial charge in [0.05, 0.1) is 54.7 Å². The summed E-state index contributed by atoms with van der Waals surface area (Å²) in [5, 5.41) is 18.8. The molecule has 0 radical (unpaired) electrons. The summed E-state index contributed by atoms with van der Waals surface area (Å²) in [6.45, 7) is 7.23. The van der Waals surface area contributed by atoms with Crippen LogP contribution < -0.4 is 0 Å². The number of aliphatic hydroxyl groups excluding tert-OH is 1. The highest BCUT2D eigenvalue weighted by molar-refractivity contribution is 6.15. The van der Waals surface area contributed by atoms with E-state index in [1.807, 2.05) is 48.5 Å². The second-order valence-corrected chi connectivity index (χ2v) is 8.51. The number of aliphatic imine (C=N–C) groups is 1. The molecule has 3 rings (SSSR count). The molecule has 0 spiro atoms. The largest absolute Gasteiger partial charge is 0.395 e. The molecule has 1 aliphatic heterocycles. The average molecular weight is 440 g/mol. The van der Waals surface area contributed by atoms with E-state index in [9.17, 15) is 5.11 Å². The maximum absolute atomic E-state index is 9.63. The maximum Gasteiger partial charge on any atom is 0.0974 e. The Labute approximate surface area is 191 Å². The fourth-order valence-corrected chi connectivity index (χ4v) is 3.93. The number of nitrogens with zero attached hydrogens (tertiary/aromatic N) is 7. The lowest BCUT2D eigenvalue weighted by Gasteiger charge is -2.25. The van der Waals surface area contributed by atoms with E-state index >= 15 is 0 Å². The number of aliphatic hydroxyl groups is 1. The van der Waals surface area contributed by atoms with Gasteiger partial charge in [-0.3, -0.25) is 9.36 Å². The fourth-order valence-electron chi connectivity index (χ4n) is 3.93. The van der Waals surface area contributed by atoms with Crippen molar-refractivity contribution in [2.75, 3.05) is 27.7 Å². The molecule has 0 aliphatic carbocycles. The third-order valence-corrected chi connectivity index (χ3v) is 6.03. The van der Waals surface area contributed by atoms with Crippen LogP contribution in [0.4, 0.5) is 0 Å². The molecule has 1 aliphatic rings. The van der Waals surface area contributed by atoms with Gasteiger partial charge in [-0.05, 0) is 33.4 Å². The predicted molar refractivity (Wildman–Crippen MR) is 129 cm³/mol. The molecule has 0 saturated carbocycles. The zero-order valence-corrected chi connectivity index (χ0v) is 20.2. The quantitative estimate of drug-likeness (QED) is 0.614. The average Bonchev–Trinajstić information content (AvgIpc) is 3.44. The molecule has 1 N–H and O–H groups in total. The number of aromatic nitrogens is 4. The van der Waals surface area contributed by atoms with Crippen molar-refractivity contribution < 1.29 is 5.11 Å². The van der Waals surface area contributed by atoms with Crippen LogP contribution in [0.25, 0.3) is 5.70 Å². The van der Waals surface area contributed by atoms with Crippen LogP contribution in [0, 0.1) is 0 Å². The highest BCUT2D eigenvalue weighted by Crippen LogP contribution is 2.28. The molecule has 2 aromatic rings. The van der Waals surface area contributed by atoms with E-state index in [1.54, 1.807) is 0 Å². The second-order valence-electron chi connectivity index (χ2n) is 8.51. The van der Waals surface area contributed by atoms with Crippen molar-refractivity contribution >= 4 is 11.4 Å². The Balaban J connectivity index is 1.94. The predicted octanol–water partition coefficient (Wildman–Crippen LogP) is 3.39. The van der Waals surface area contributed by atoms with Crippen molar-refractivity contribution in [2.24, 2.45) is 4.99 Å². The first-order valence-electron chi connectivity index (χ1n) is 11.5. The van der Waals surface area contributed by atoms with Gasteiger partial charge >= 0.3 is 0 Å². The Hall–Kier alpha value is -2.71. The summed E-state index contributed by atoms with van der Waals surface area (Å²) in [6.07, 6.45) is 15.1. The molecule has 8 nitrogen and oxygen atoms in total. The molecule has 0 bridgehead atoms. The van der Waals surface area contributed by atoms with Gasteiger partial charge in [0.2, 0.25) is 0 Å². The zero-order chi connectivity index (χ0) is 23.3. The van der Waals surface area contributed by atoms with Gasteiger partial charge in [0.25, 0.3) is 0 Å². The Bertz CT molecular complexity index is 978. The van der Waals surface area contributed by atoms with Gasteiger partial charge in [-0.15, -0.1) is 0 Å². The van der Waals surface area contributed by atoms with Crippen molar-refractivity contribution in [1.82, 2.24) is 29.4 Å². The first-order valence-corrected chi connectivity index (χ1v) is 11.5. The van der Waals surface area contributed by atoms with Gasteiger partial charge in [0.15, 0.2) is 0 Å². The SMILES string of the molecule is CC/C=C1/C(c2cnn(C(CC)CC)c2)=NC(c2cnn(C[C@@H](CO)N(C)C)c2)=CN1C. The van der Waals surface area contributed by atoms with Crippen LogP contribution in [0.3, 0.4) is 0 Å². The van der Waals surface area contributed by atoms with Crippen molar-refractivity contribution in [3.8, 4) is 0 Å².